The Hall–Kier alpha value is -1.03. The van der Waals surface area contributed by atoms with Gasteiger partial charge < -0.3 is 0 Å². The number of nitrogens with zero attached hydrogens (tertiary/aromatic N) is 2. The Kier molecular flexibility index (Phi) is 1.77. The maximum atomic E-state index is 11.3. The van der Waals surface area contributed by atoms with E-state index in [2.05, 4.69) is 25.9 Å². The molecule has 0 saturated carbocycles. The molecule has 0 amide bonds. The zero-order valence-corrected chi connectivity index (χ0v) is 7.65. The van der Waals surface area contributed by atoms with Crippen molar-refractivity contribution in [3.05, 3.63) is 22.8 Å². The van der Waals surface area contributed by atoms with Crippen molar-refractivity contribution < 1.29 is 4.79 Å². The van der Waals surface area contributed by atoms with E-state index < -0.39 is 0 Å². The van der Waals surface area contributed by atoms with Gasteiger partial charge in [-0.15, -0.1) is 0 Å². The molecule has 0 aromatic rings. The molecule has 2 heterocycles. The molecule has 2 rings (SSSR count). The van der Waals surface area contributed by atoms with E-state index in [-0.39, 0.29) is 11.7 Å². The zero-order valence-electron chi connectivity index (χ0n) is 6.07. The molecule has 2 aliphatic rings. The summed E-state index contributed by atoms with van der Waals surface area (Å²) >= 11 is 3.26. The average Bonchev–Trinajstić information content (AvgIpc) is 2.07. The van der Waals surface area contributed by atoms with Gasteiger partial charge in [0.05, 0.1) is 0 Å². The normalized spacial score (nSPS) is 26.4. The summed E-state index contributed by atoms with van der Waals surface area (Å²) in [6.07, 6.45) is 6.39. The van der Waals surface area contributed by atoms with Crippen LogP contribution in [0.15, 0.2) is 32.8 Å². The van der Waals surface area contributed by atoms with E-state index in [1.54, 1.807) is 12.3 Å². The predicted molar refractivity (Wildman–Crippen MR) is 50.6 cm³/mol. The summed E-state index contributed by atoms with van der Waals surface area (Å²) in [7, 11) is 0. The fraction of sp³-hybridized carbons (Fsp3) is 0.125. The highest BCUT2D eigenvalue weighted by Gasteiger charge is 2.24. The minimum atomic E-state index is -0.283. The highest BCUT2D eigenvalue weighted by molar-refractivity contribution is 9.12. The smallest absolute Gasteiger partial charge is 0.171 e. The molecule has 0 aromatic carbocycles. The Balaban J connectivity index is 2.43. The second kappa shape index (κ2) is 2.79. The van der Waals surface area contributed by atoms with Crippen LogP contribution in [0.1, 0.15) is 0 Å². The SMILES string of the molecule is O=C1C=CN=C2N=CC(Br)=CC12. The minimum absolute atomic E-state index is 0.0359. The van der Waals surface area contributed by atoms with Crippen LogP contribution in [0.5, 0.6) is 0 Å². The Morgan fingerprint density at radius 3 is 3.17 bits per heavy atom. The molecule has 60 valence electrons. The van der Waals surface area contributed by atoms with Crippen molar-refractivity contribution in [3.8, 4) is 0 Å². The number of amidine groups is 1. The Bertz CT molecular complexity index is 352. The highest BCUT2D eigenvalue weighted by Crippen LogP contribution is 2.19. The lowest BCUT2D eigenvalue weighted by Crippen LogP contribution is -2.24. The van der Waals surface area contributed by atoms with Gasteiger partial charge in [-0.2, -0.15) is 0 Å². The van der Waals surface area contributed by atoms with Gasteiger partial charge >= 0.3 is 0 Å². The number of allylic oxidation sites excluding steroid dienone is 2. The molecule has 4 heteroatoms. The quantitative estimate of drug-likeness (QED) is 0.615. The Labute approximate surface area is 77.7 Å². The van der Waals surface area contributed by atoms with Crippen molar-refractivity contribution in [2.75, 3.05) is 0 Å². The lowest BCUT2D eigenvalue weighted by Gasteiger charge is -2.14. The van der Waals surface area contributed by atoms with Crippen LogP contribution in [0.4, 0.5) is 0 Å². The highest BCUT2D eigenvalue weighted by atomic mass is 79.9. The van der Waals surface area contributed by atoms with Crippen molar-refractivity contribution in [3.63, 3.8) is 0 Å². The van der Waals surface area contributed by atoms with Gasteiger partial charge in [-0.05, 0) is 15.9 Å². The zero-order chi connectivity index (χ0) is 8.55. The van der Waals surface area contributed by atoms with Crippen LogP contribution in [0.3, 0.4) is 0 Å². The van der Waals surface area contributed by atoms with E-state index in [0.29, 0.717) is 5.84 Å². The van der Waals surface area contributed by atoms with Gasteiger partial charge in [-0.3, -0.25) is 4.79 Å². The van der Waals surface area contributed by atoms with Crippen molar-refractivity contribution in [1.29, 1.82) is 0 Å². The first-order chi connectivity index (χ1) is 5.77. The number of rotatable bonds is 0. The molecule has 3 nitrogen and oxygen atoms in total. The fourth-order valence-corrected chi connectivity index (χ4v) is 1.47. The maximum absolute atomic E-state index is 11.3. The van der Waals surface area contributed by atoms with Crippen molar-refractivity contribution in [2.45, 2.75) is 0 Å². The van der Waals surface area contributed by atoms with Crippen LogP contribution < -0.4 is 0 Å². The number of fused-ring (bicyclic) bond motifs is 1. The largest absolute Gasteiger partial charge is 0.294 e. The number of dihydropyridines is 1. The number of carbonyl (C=O) groups is 1. The molecule has 0 saturated heterocycles. The number of ketones is 1. The van der Waals surface area contributed by atoms with Crippen LogP contribution in [0.2, 0.25) is 0 Å². The third-order valence-corrected chi connectivity index (χ3v) is 2.15. The van der Waals surface area contributed by atoms with Crippen LogP contribution in [-0.4, -0.2) is 17.8 Å². The number of halogens is 1. The summed E-state index contributed by atoms with van der Waals surface area (Å²) in [5.41, 5.74) is 0. The molecule has 0 spiro atoms. The lowest BCUT2D eigenvalue weighted by molar-refractivity contribution is -0.115. The summed E-state index contributed by atoms with van der Waals surface area (Å²) < 4.78 is 0.829. The lowest BCUT2D eigenvalue weighted by atomic mass is 9.99. The summed E-state index contributed by atoms with van der Waals surface area (Å²) in [6, 6.07) is 0. The molecule has 2 aliphatic heterocycles. The van der Waals surface area contributed by atoms with Crippen LogP contribution >= 0.6 is 15.9 Å². The molecule has 0 aromatic heterocycles. The second-order valence-electron chi connectivity index (χ2n) is 2.49. The molecule has 0 bridgehead atoms. The van der Waals surface area contributed by atoms with Crippen LogP contribution in [0.25, 0.3) is 0 Å². The topological polar surface area (TPSA) is 41.8 Å². The van der Waals surface area contributed by atoms with Gasteiger partial charge in [0, 0.05) is 23.0 Å². The van der Waals surface area contributed by atoms with E-state index in [4.69, 9.17) is 0 Å². The molecule has 0 N–H and O–H groups in total. The van der Waals surface area contributed by atoms with Crippen molar-refractivity contribution >= 4 is 33.8 Å². The Morgan fingerprint density at radius 1 is 1.50 bits per heavy atom. The second-order valence-corrected chi connectivity index (χ2v) is 3.41. The number of hydrogen-bond acceptors (Lipinski definition) is 3. The third kappa shape index (κ3) is 1.18. The number of carbonyl (C=O) groups excluding carboxylic acids is 1. The third-order valence-electron chi connectivity index (χ3n) is 1.68. The summed E-state index contributed by atoms with van der Waals surface area (Å²) in [5, 5.41) is 0. The van der Waals surface area contributed by atoms with E-state index >= 15 is 0 Å². The van der Waals surface area contributed by atoms with Crippen LogP contribution in [0, 0.1) is 5.92 Å². The van der Waals surface area contributed by atoms with Gasteiger partial charge in [0.2, 0.25) is 0 Å². The van der Waals surface area contributed by atoms with Crippen molar-refractivity contribution in [2.24, 2.45) is 15.9 Å². The minimum Gasteiger partial charge on any atom is -0.294 e. The molecule has 0 radical (unpaired) electrons. The first kappa shape index (κ1) is 7.61. The monoisotopic (exact) mass is 224 g/mol. The number of hydrogen-bond donors (Lipinski definition) is 0. The first-order valence-electron chi connectivity index (χ1n) is 3.47. The molecular formula is C8H5BrN2O. The van der Waals surface area contributed by atoms with E-state index in [1.807, 2.05) is 0 Å². The van der Waals surface area contributed by atoms with Crippen molar-refractivity contribution in [1.82, 2.24) is 0 Å². The van der Waals surface area contributed by atoms with Gasteiger partial charge in [0.15, 0.2) is 5.78 Å². The average molecular weight is 225 g/mol. The van der Waals surface area contributed by atoms with Gasteiger partial charge in [0.1, 0.15) is 11.8 Å². The van der Waals surface area contributed by atoms with E-state index in [9.17, 15) is 4.79 Å². The molecule has 12 heavy (non-hydrogen) atoms. The van der Waals surface area contributed by atoms with Gasteiger partial charge in [0.25, 0.3) is 0 Å². The number of aliphatic imine (C=N–C) groups is 2. The van der Waals surface area contributed by atoms with Gasteiger partial charge in [-0.25, -0.2) is 9.98 Å². The maximum Gasteiger partial charge on any atom is 0.171 e. The van der Waals surface area contributed by atoms with E-state index in [0.717, 1.165) is 4.48 Å². The predicted octanol–water partition coefficient (Wildman–Crippen LogP) is 1.46. The molecule has 0 aliphatic carbocycles. The molecular weight excluding hydrogens is 220 g/mol. The fourth-order valence-electron chi connectivity index (χ4n) is 1.10. The summed E-state index contributed by atoms with van der Waals surface area (Å²) in [5.74, 6) is 0.328. The standard InChI is InChI=1S/C8H5BrN2O/c9-5-3-6-7(12)1-2-10-8(6)11-4-5/h1-4,6H. The molecule has 1 unspecified atom stereocenters. The van der Waals surface area contributed by atoms with Gasteiger partial charge in [-0.1, -0.05) is 6.08 Å². The van der Waals surface area contributed by atoms with E-state index in [1.165, 1.54) is 12.3 Å². The first-order valence-corrected chi connectivity index (χ1v) is 4.26. The van der Waals surface area contributed by atoms with Crippen LogP contribution in [-0.2, 0) is 4.79 Å². The summed E-state index contributed by atoms with van der Waals surface area (Å²) in [4.78, 5) is 19.3. The summed E-state index contributed by atoms with van der Waals surface area (Å²) in [6.45, 7) is 0. The molecule has 1 atom stereocenters. The Morgan fingerprint density at radius 2 is 2.33 bits per heavy atom. The molecule has 0 fully saturated rings.